The van der Waals surface area contributed by atoms with Crippen molar-refractivity contribution in [3.8, 4) is 11.1 Å². The maximum Gasteiger partial charge on any atom is 0.234 e. The zero-order valence-electron chi connectivity index (χ0n) is 18.0. The Morgan fingerprint density at radius 3 is 2.19 bits per heavy atom. The van der Waals surface area contributed by atoms with Crippen LogP contribution in [0.25, 0.3) is 11.1 Å². The second-order valence-electron chi connectivity index (χ2n) is 8.33. The Morgan fingerprint density at radius 1 is 0.871 bits per heavy atom. The third-order valence-electron chi connectivity index (χ3n) is 5.81. The predicted molar refractivity (Wildman–Crippen MR) is 129 cm³/mol. The van der Waals surface area contributed by atoms with Crippen LogP contribution in [0.5, 0.6) is 0 Å². The highest BCUT2D eigenvalue weighted by atomic mass is 32.2. The van der Waals surface area contributed by atoms with Gasteiger partial charge in [-0.05, 0) is 55.3 Å². The molecule has 3 aromatic rings. The molecule has 0 spiro atoms. The molecule has 0 N–H and O–H groups in total. The molecule has 31 heavy (non-hydrogen) atoms. The molecule has 1 heterocycles. The Hall–Kier alpha value is -2.89. The molecule has 160 valence electrons. The van der Waals surface area contributed by atoms with Gasteiger partial charge in [-0.1, -0.05) is 72.8 Å². The summed E-state index contributed by atoms with van der Waals surface area (Å²) in [5.41, 5.74) is 5.80. The van der Waals surface area contributed by atoms with Crippen LogP contribution in [0.4, 0.5) is 5.69 Å². The molecule has 1 aliphatic rings. The van der Waals surface area contributed by atoms with E-state index in [2.05, 4.69) is 47.4 Å². The first-order valence-corrected chi connectivity index (χ1v) is 11.7. The van der Waals surface area contributed by atoms with Gasteiger partial charge in [0.1, 0.15) is 4.99 Å². The lowest BCUT2D eigenvalue weighted by atomic mass is 9.91. The number of hydrogen-bond acceptors (Lipinski definition) is 3. The Labute approximate surface area is 186 Å². The van der Waals surface area contributed by atoms with Gasteiger partial charge in [-0.15, -0.1) is 0 Å². The van der Waals surface area contributed by atoms with Crippen molar-refractivity contribution in [3.05, 3.63) is 90.0 Å². The number of nitrogens with zero attached hydrogens (tertiary/aromatic N) is 2. The molecule has 1 unspecified atom stereocenters. The second kappa shape index (κ2) is 9.50. The molecular formula is C26H28N2O2S. The van der Waals surface area contributed by atoms with Crippen LogP contribution in [0, 0.1) is 5.92 Å². The first kappa shape index (κ1) is 21.3. The summed E-state index contributed by atoms with van der Waals surface area (Å²) in [5.74, 6) is -0.0383. The topological polar surface area (TPSA) is 40.6 Å². The number of fused-ring (bicyclic) bond motifs is 1. The van der Waals surface area contributed by atoms with Gasteiger partial charge in [0.2, 0.25) is 10.3 Å². The monoisotopic (exact) mass is 432 g/mol. The highest BCUT2D eigenvalue weighted by Gasteiger charge is 2.32. The smallest absolute Gasteiger partial charge is 0.234 e. The van der Waals surface area contributed by atoms with Crippen molar-refractivity contribution < 1.29 is 8.42 Å². The summed E-state index contributed by atoms with van der Waals surface area (Å²) in [7, 11) is 1.72. The van der Waals surface area contributed by atoms with Gasteiger partial charge in [0.25, 0.3) is 0 Å². The largest absolute Gasteiger partial charge is 0.331 e. The molecule has 1 atom stereocenters. The first-order chi connectivity index (χ1) is 15.0. The van der Waals surface area contributed by atoms with E-state index < -0.39 is 10.3 Å². The molecule has 0 fully saturated rings. The van der Waals surface area contributed by atoms with Crippen molar-refractivity contribution in [2.24, 2.45) is 5.92 Å². The van der Waals surface area contributed by atoms with E-state index in [9.17, 15) is 8.42 Å². The van der Waals surface area contributed by atoms with Crippen LogP contribution in [0.15, 0.2) is 78.9 Å². The Balaban J connectivity index is 1.59. The highest BCUT2D eigenvalue weighted by molar-refractivity contribution is 7.73. The maximum absolute atomic E-state index is 12.3. The SMILES string of the molecule is CN(C)CC1Cc2ccccc2N(CCc2ccc(-c3ccccc3)cc2)C1=S(=O)=O. The number of rotatable bonds is 6. The van der Waals surface area contributed by atoms with Gasteiger partial charge in [0.05, 0.1) is 0 Å². The van der Waals surface area contributed by atoms with Crippen molar-refractivity contribution in [1.82, 2.24) is 4.90 Å². The van der Waals surface area contributed by atoms with Gasteiger partial charge in [-0.3, -0.25) is 0 Å². The summed E-state index contributed by atoms with van der Waals surface area (Å²) >= 11 is 0. The molecule has 4 nitrogen and oxygen atoms in total. The van der Waals surface area contributed by atoms with E-state index >= 15 is 0 Å². The fourth-order valence-electron chi connectivity index (χ4n) is 4.41. The Kier molecular flexibility index (Phi) is 6.54. The van der Waals surface area contributed by atoms with Crippen molar-refractivity contribution in [3.63, 3.8) is 0 Å². The van der Waals surface area contributed by atoms with Crippen molar-refractivity contribution in [2.45, 2.75) is 12.8 Å². The summed E-state index contributed by atoms with van der Waals surface area (Å²) in [6, 6.07) is 27.0. The number of anilines is 1. The van der Waals surface area contributed by atoms with Gasteiger partial charge >= 0.3 is 0 Å². The molecule has 0 amide bonds. The average molecular weight is 433 g/mol. The van der Waals surface area contributed by atoms with Crippen LogP contribution in [0.1, 0.15) is 11.1 Å². The average Bonchev–Trinajstić information content (AvgIpc) is 2.77. The molecule has 0 radical (unpaired) electrons. The lowest BCUT2D eigenvalue weighted by Crippen LogP contribution is -2.46. The minimum atomic E-state index is -2.26. The molecule has 3 aromatic carbocycles. The fraction of sp³-hybridized carbons (Fsp3) is 0.269. The minimum absolute atomic E-state index is 0.0383. The van der Waals surface area contributed by atoms with Gasteiger partial charge in [-0.25, -0.2) is 0 Å². The second-order valence-corrected chi connectivity index (χ2v) is 9.22. The molecule has 0 aliphatic carbocycles. The van der Waals surface area contributed by atoms with Crippen molar-refractivity contribution >= 4 is 21.0 Å². The lowest BCUT2D eigenvalue weighted by Gasteiger charge is -2.37. The van der Waals surface area contributed by atoms with E-state index in [4.69, 9.17) is 0 Å². The lowest BCUT2D eigenvalue weighted by molar-refractivity contribution is 0.366. The summed E-state index contributed by atoms with van der Waals surface area (Å²) in [6.45, 7) is 1.34. The van der Waals surface area contributed by atoms with Crippen LogP contribution in [-0.2, 0) is 23.1 Å². The van der Waals surface area contributed by atoms with Gasteiger partial charge in [0.15, 0.2) is 0 Å². The van der Waals surface area contributed by atoms with Gasteiger partial charge in [-0.2, -0.15) is 8.42 Å². The third kappa shape index (κ3) is 4.89. The van der Waals surface area contributed by atoms with Crippen LogP contribution in [-0.4, -0.2) is 45.5 Å². The van der Waals surface area contributed by atoms with Crippen molar-refractivity contribution in [1.29, 1.82) is 0 Å². The molecule has 5 heteroatoms. The van der Waals surface area contributed by atoms with E-state index in [1.165, 1.54) is 22.3 Å². The van der Waals surface area contributed by atoms with E-state index in [0.717, 1.165) is 18.5 Å². The standard InChI is InChI=1S/C26H28N2O2S/c1-27(2)19-24-18-23-10-6-7-11-25(23)28(26(24)31(29)30)17-16-20-12-14-22(15-13-20)21-8-4-3-5-9-21/h3-15,24H,16-19H2,1-2H3. The molecule has 0 bridgehead atoms. The number of benzene rings is 3. The van der Waals surface area contributed by atoms with Gasteiger partial charge in [0, 0.05) is 24.7 Å². The van der Waals surface area contributed by atoms with Crippen LogP contribution < -0.4 is 4.90 Å². The summed E-state index contributed by atoms with van der Waals surface area (Å²) < 4.78 is 24.6. The van der Waals surface area contributed by atoms with Crippen LogP contribution in [0.2, 0.25) is 0 Å². The summed E-state index contributed by atoms with van der Waals surface area (Å²) in [6.07, 6.45) is 1.53. The van der Waals surface area contributed by atoms with Crippen LogP contribution >= 0.6 is 0 Å². The fourth-order valence-corrected chi connectivity index (χ4v) is 5.21. The molecular weight excluding hydrogens is 404 g/mol. The Bertz CT molecular complexity index is 1160. The van der Waals surface area contributed by atoms with Gasteiger partial charge < -0.3 is 9.80 Å². The third-order valence-corrected chi connectivity index (χ3v) is 6.70. The number of hydrogen-bond donors (Lipinski definition) is 0. The molecule has 4 rings (SSSR count). The molecule has 0 saturated heterocycles. The maximum atomic E-state index is 12.3. The Morgan fingerprint density at radius 2 is 1.52 bits per heavy atom. The minimum Gasteiger partial charge on any atom is -0.331 e. The predicted octanol–water partition coefficient (Wildman–Crippen LogP) is 4.15. The normalized spacial score (nSPS) is 15.8. The summed E-state index contributed by atoms with van der Waals surface area (Å²) in [4.78, 5) is 4.58. The van der Waals surface area contributed by atoms with E-state index in [1.807, 2.05) is 55.4 Å². The molecule has 1 aliphatic heterocycles. The van der Waals surface area contributed by atoms with E-state index in [0.29, 0.717) is 18.1 Å². The van der Waals surface area contributed by atoms with Crippen molar-refractivity contribution in [2.75, 3.05) is 32.1 Å². The summed E-state index contributed by atoms with van der Waals surface area (Å²) in [5, 5.41) is 0. The number of para-hydroxylation sites is 1. The zero-order chi connectivity index (χ0) is 21.8. The van der Waals surface area contributed by atoms with Crippen LogP contribution in [0.3, 0.4) is 0 Å². The zero-order valence-corrected chi connectivity index (χ0v) is 18.8. The molecule has 0 saturated carbocycles. The first-order valence-electron chi connectivity index (χ1n) is 10.6. The van der Waals surface area contributed by atoms with E-state index in [-0.39, 0.29) is 5.92 Å². The van der Waals surface area contributed by atoms with E-state index in [1.54, 1.807) is 0 Å². The molecule has 0 aromatic heterocycles. The quantitative estimate of drug-likeness (QED) is 0.549. The highest BCUT2D eigenvalue weighted by Crippen LogP contribution is 2.31.